The Morgan fingerprint density at radius 1 is 0.741 bits per heavy atom. The van der Waals surface area contributed by atoms with Gasteiger partial charge in [-0.3, -0.25) is 5.01 Å². The summed E-state index contributed by atoms with van der Waals surface area (Å²) in [4.78, 5) is 0. The van der Waals surface area contributed by atoms with E-state index in [-0.39, 0.29) is 0 Å². The fraction of sp³-hybridized carbons (Fsp3) is 0.0435. The smallest absolute Gasteiger partial charge is 0.0634 e. The second kappa shape index (κ2) is 6.62. The van der Waals surface area contributed by atoms with Gasteiger partial charge in [-0.05, 0) is 50.9 Å². The lowest BCUT2D eigenvalue weighted by Crippen LogP contribution is -2.47. The highest BCUT2D eigenvalue weighted by molar-refractivity contribution is 6.15. The summed E-state index contributed by atoms with van der Waals surface area (Å²) in [6.45, 7) is 0.718. The SMILES string of the molecule is ClN1C=C(c2cc3ccccc3c3ccccc23)CN(c2ccccc2)N1. The van der Waals surface area contributed by atoms with Crippen LogP contribution in [-0.2, 0) is 0 Å². The first kappa shape index (κ1) is 16.2. The van der Waals surface area contributed by atoms with Gasteiger partial charge in [0.15, 0.2) is 0 Å². The van der Waals surface area contributed by atoms with Gasteiger partial charge in [0.05, 0.1) is 12.2 Å². The molecule has 1 heterocycles. The maximum atomic E-state index is 6.38. The Morgan fingerprint density at radius 3 is 2.22 bits per heavy atom. The maximum absolute atomic E-state index is 6.38. The largest absolute Gasteiger partial charge is 0.285 e. The van der Waals surface area contributed by atoms with Gasteiger partial charge in [-0.2, -0.15) is 0 Å². The summed E-state index contributed by atoms with van der Waals surface area (Å²) >= 11 is 6.38. The predicted octanol–water partition coefficient (Wildman–Crippen LogP) is 5.73. The Bertz CT molecular complexity index is 1150. The number of para-hydroxylation sites is 1. The maximum Gasteiger partial charge on any atom is 0.0634 e. The van der Waals surface area contributed by atoms with E-state index in [1.807, 2.05) is 29.4 Å². The molecule has 0 amide bonds. The molecule has 0 aliphatic carbocycles. The minimum atomic E-state index is 0.718. The normalized spacial score (nSPS) is 14.6. The molecule has 1 aliphatic heterocycles. The summed E-state index contributed by atoms with van der Waals surface area (Å²) in [5.41, 5.74) is 6.61. The fourth-order valence-corrected chi connectivity index (χ4v) is 3.97. The Balaban J connectivity index is 1.68. The van der Waals surface area contributed by atoms with Crippen molar-refractivity contribution in [2.24, 2.45) is 0 Å². The van der Waals surface area contributed by atoms with Crippen LogP contribution in [0.15, 0.2) is 91.1 Å². The molecule has 0 fully saturated rings. The first-order valence-corrected chi connectivity index (χ1v) is 9.29. The van der Waals surface area contributed by atoms with Crippen LogP contribution in [0.3, 0.4) is 0 Å². The standard InChI is InChI=1S/C23H18ClN3/c24-27-16-18(15-26(25-27)19-9-2-1-3-10-19)23-14-17-8-4-5-11-20(17)21-12-6-7-13-22(21)23/h1-14,16,25H,15H2. The van der Waals surface area contributed by atoms with Crippen LogP contribution in [0, 0.1) is 0 Å². The summed E-state index contributed by atoms with van der Waals surface area (Å²) < 4.78 is 1.50. The number of nitrogens with zero attached hydrogens (tertiary/aromatic N) is 2. The molecule has 0 saturated carbocycles. The van der Waals surface area contributed by atoms with Crippen LogP contribution < -0.4 is 10.5 Å². The van der Waals surface area contributed by atoms with Crippen molar-refractivity contribution in [2.75, 3.05) is 11.6 Å². The van der Waals surface area contributed by atoms with Crippen molar-refractivity contribution in [1.82, 2.24) is 10.1 Å². The van der Waals surface area contributed by atoms with Crippen LogP contribution in [0.4, 0.5) is 5.69 Å². The molecule has 0 radical (unpaired) electrons. The zero-order valence-electron chi connectivity index (χ0n) is 14.6. The van der Waals surface area contributed by atoms with E-state index in [0.717, 1.165) is 17.8 Å². The zero-order valence-corrected chi connectivity index (χ0v) is 15.4. The molecule has 27 heavy (non-hydrogen) atoms. The van der Waals surface area contributed by atoms with Crippen LogP contribution in [0.5, 0.6) is 0 Å². The number of fused-ring (bicyclic) bond motifs is 3. The second-order valence-corrected chi connectivity index (χ2v) is 7.04. The molecule has 4 aromatic rings. The Kier molecular flexibility index (Phi) is 3.97. The number of hydrogen-bond donors (Lipinski definition) is 1. The molecular formula is C23H18ClN3. The molecule has 4 heteroatoms. The number of hydrazine groups is 2. The third-order valence-electron chi connectivity index (χ3n) is 5.00. The number of benzene rings is 4. The van der Waals surface area contributed by atoms with E-state index in [1.54, 1.807) is 0 Å². The number of rotatable bonds is 2. The summed E-state index contributed by atoms with van der Waals surface area (Å²) in [6.07, 6.45) is 1.96. The van der Waals surface area contributed by atoms with E-state index in [0.29, 0.717) is 0 Å². The molecule has 132 valence electrons. The molecular weight excluding hydrogens is 354 g/mol. The van der Waals surface area contributed by atoms with Crippen molar-refractivity contribution in [1.29, 1.82) is 0 Å². The first-order chi connectivity index (χ1) is 13.3. The third kappa shape index (κ3) is 2.91. The lowest BCUT2D eigenvalue weighted by molar-refractivity contribution is 0.407. The molecule has 1 N–H and O–H groups in total. The number of hydrogen-bond acceptors (Lipinski definition) is 3. The van der Waals surface area contributed by atoms with Gasteiger partial charge in [0.1, 0.15) is 0 Å². The molecule has 4 aromatic carbocycles. The lowest BCUT2D eigenvalue weighted by atomic mass is 9.93. The van der Waals surface area contributed by atoms with Crippen molar-refractivity contribution >= 4 is 44.6 Å². The quantitative estimate of drug-likeness (QED) is 0.358. The highest BCUT2D eigenvalue weighted by Crippen LogP contribution is 2.34. The van der Waals surface area contributed by atoms with Gasteiger partial charge in [-0.1, -0.05) is 66.7 Å². The monoisotopic (exact) mass is 371 g/mol. The van der Waals surface area contributed by atoms with Crippen LogP contribution in [0.2, 0.25) is 0 Å². The van der Waals surface area contributed by atoms with Crippen molar-refractivity contribution in [3.63, 3.8) is 0 Å². The number of nitrogens with one attached hydrogen (secondary N) is 1. The van der Waals surface area contributed by atoms with Gasteiger partial charge in [0.2, 0.25) is 0 Å². The van der Waals surface area contributed by atoms with Gasteiger partial charge < -0.3 is 0 Å². The van der Waals surface area contributed by atoms with Crippen molar-refractivity contribution in [3.8, 4) is 0 Å². The van der Waals surface area contributed by atoms with E-state index in [1.165, 1.54) is 31.6 Å². The molecule has 5 rings (SSSR count). The first-order valence-electron chi connectivity index (χ1n) is 8.95. The van der Waals surface area contributed by atoms with Crippen LogP contribution >= 0.6 is 11.8 Å². The molecule has 0 bridgehead atoms. The molecule has 1 aliphatic rings. The van der Waals surface area contributed by atoms with Crippen molar-refractivity contribution in [3.05, 3.63) is 96.7 Å². The van der Waals surface area contributed by atoms with Crippen LogP contribution in [-0.4, -0.2) is 11.1 Å². The topological polar surface area (TPSA) is 18.5 Å². The van der Waals surface area contributed by atoms with Crippen molar-refractivity contribution < 1.29 is 0 Å². The Labute approximate surface area is 163 Å². The van der Waals surface area contributed by atoms with Crippen LogP contribution in [0.25, 0.3) is 27.1 Å². The fourth-order valence-electron chi connectivity index (χ4n) is 3.76. The van der Waals surface area contributed by atoms with Crippen molar-refractivity contribution in [2.45, 2.75) is 0 Å². The number of anilines is 1. The summed E-state index contributed by atoms with van der Waals surface area (Å²) in [7, 11) is 0. The van der Waals surface area contributed by atoms with Gasteiger partial charge in [0, 0.05) is 18.0 Å². The van der Waals surface area contributed by atoms with E-state index in [4.69, 9.17) is 11.8 Å². The Hall–Kier alpha value is -3.01. The summed E-state index contributed by atoms with van der Waals surface area (Å²) in [5, 5.41) is 7.05. The molecule has 0 unspecified atom stereocenters. The summed E-state index contributed by atoms with van der Waals surface area (Å²) in [6, 6.07) is 29.6. The molecule has 0 aromatic heterocycles. The van der Waals surface area contributed by atoms with Gasteiger partial charge >= 0.3 is 0 Å². The van der Waals surface area contributed by atoms with E-state index < -0.39 is 0 Å². The van der Waals surface area contributed by atoms with E-state index in [9.17, 15) is 0 Å². The Morgan fingerprint density at radius 2 is 1.41 bits per heavy atom. The van der Waals surface area contributed by atoms with Crippen LogP contribution in [0.1, 0.15) is 5.56 Å². The number of halogens is 1. The predicted molar refractivity (Wildman–Crippen MR) is 114 cm³/mol. The van der Waals surface area contributed by atoms with Gasteiger partial charge in [0.25, 0.3) is 0 Å². The highest BCUT2D eigenvalue weighted by Gasteiger charge is 2.20. The third-order valence-corrected chi connectivity index (χ3v) is 5.17. The summed E-state index contributed by atoms with van der Waals surface area (Å²) in [5.74, 6) is 0. The van der Waals surface area contributed by atoms with E-state index >= 15 is 0 Å². The van der Waals surface area contributed by atoms with E-state index in [2.05, 4.69) is 72.3 Å². The molecule has 3 nitrogen and oxygen atoms in total. The average Bonchev–Trinajstić information content (AvgIpc) is 2.73. The molecule has 0 spiro atoms. The molecule has 0 atom stereocenters. The molecule has 0 saturated heterocycles. The minimum Gasteiger partial charge on any atom is -0.285 e. The average molecular weight is 372 g/mol. The second-order valence-electron chi connectivity index (χ2n) is 6.68. The zero-order chi connectivity index (χ0) is 18.2. The highest BCUT2D eigenvalue weighted by atomic mass is 35.5. The van der Waals surface area contributed by atoms with Gasteiger partial charge in [-0.25, -0.2) is 4.53 Å². The van der Waals surface area contributed by atoms with Gasteiger partial charge in [-0.15, -0.1) is 5.53 Å². The lowest BCUT2D eigenvalue weighted by Gasteiger charge is -2.34. The minimum absolute atomic E-state index is 0.718.